The Bertz CT molecular complexity index is 283. The Morgan fingerprint density at radius 3 is 2.24 bits per heavy atom. The van der Waals surface area contributed by atoms with Crippen LogP contribution < -0.4 is 5.32 Å². The molecule has 0 unspecified atom stereocenters. The van der Waals surface area contributed by atoms with Crippen molar-refractivity contribution in [2.75, 3.05) is 13.2 Å². The number of rotatable bonds is 9. The number of aliphatic hydroxyl groups is 1. The van der Waals surface area contributed by atoms with E-state index >= 15 is 0 Å². The van der Waals surface area contributed by atoms with E-state index in [-0.39, 0.29) is 23.8 Å². The van der Waals surface area contributed by atoms with E-state index in [1.165, 1.54) is 32.1 Å². The van der Waals surface area contributed by atoms with Gasteiger partial charge >= 0.3 is 0 Å². The van der Waals surface area contributed by atoms with Crippen molar-refractivity contribution >= 4 is 5.91 Å². The highest BCUT2D eigenvalue weighted by atomic mass is 16.3. The molecule has 0 heterocycles. The second-order valence-corrected chi connectivity index (χ2v) is 6.94. The first-order chi connectivity index (χ1) is 10.1. The Balaban J connectivity index is 2.34. The van der Waals surface area contributed by atoms with Gasteiger partial charge in [0.25, 0.3) is 0 Å². The number of nitrogens with one attached hydrogen (secondary N) is 1. The second-order valence-electron chi connectivity index (χ2n) is 6.94. The predicted molar refractivity (Wildman–Crippen MR) is 88.1 cm³/mol. The van der Waals surface area contributed by atoms with Crippen LogP contribution in [-0.4, -0.2) is 24.2 Å². The second kappa shape index (κ2) is 9.45. The predicted octanol–water partition coefficient (Wildman–Crippen LogP) is 3.90. The van der Waals surface area contributed by atoms with Gasteiger partial charge < -0.3 is 10.4 Å². The summed E-state index contributed by atoms with van der Waals surface area (Å²) in [5.41, 5.74) is -0.131. The van der Waals surface area contributed by atoms with Gasteiger partial charge in [0.1, 0.15) is 0 Å². The molecule has 1 rings (SSSR count). The maximum Gasteiger partial charge on any atom is 0.223 e. The molecular formula is C18H35NO2. The monoisotopic (exact) mass is 297 g/mol. The number of carbonyl (C=O) groups is 1. The number of aliphatic hydroxyl groups excluding tert-OH is 1. The van der Waals surface area contributed by atoms with E-state index in [0.717, 1.165) is 31.6 Å². The summed E-state index contributed by atoms with van der Waals surface area (Å²) in [4.78, 5) is 12.3. The van der Waals surface area contributed by atoms with Gasteiger partial charge in [0.15, 0.2) is 0 Å². The Labute approximate surface area is 130 Å². The van der Waals surface area contributed by atoms with Crippen LogP contribution in [0.2, 0.25) is 0 Å². The van der Waals surface area contributed by atoms with E-state index in [9.17, 15) is 9.90 Å². The van der Waals surface area contributed by atoms with Crippen molar-refractivity contribution in [3.63, 3.8) is 0 Å². The van der Waals surface area contributed by atoms with Crippen molar-refractivity contribution in [2.24, 2.45) is 17.3 Å². The third kappa shape index (κ3) is 5.61. The summed E-state index contributed by atoms with van der Waals surface area (Å²) in [6, 6.07) is 0. The smallest absolute Gasteiger partial charge is 0.223 e. The van der Waals surface area contributed by atoms with Gasteiger partial charge in [0.05, 0.1) is 6.61 Å². The van der Waals surface area contributed by atoms with Gasteiger partial charge in [-0.3, -0.25) is 4.79 Å². The third-order valence-corrected chi connectivity index (χ3v) is 5.66. The highest BCUT2D eigenvalue weighted by molar-refractivity contribution is 5.78. The van der Waals surface area contributed by atoms with Gasteiger partial charge in [-0.05, 0) is 44.4 Å². The number of carbonyl (C=O) groups excluding carboxylic acids is 1. The molecule has 0 spiro atoms. The fourth-order valence-corrected chi connectivity index (χ4v) is 3.40. The van der Waals surface area contributed by atoms with Gasteiger partial charge in [-0.15, -0.1) is 0 Å². The zero-order valence-electron chi connectivity index (χ0n) is 14.3. The van der Waals surface area contributed by atoms with E-state index in [1.807, 2.05) is 0 Å². The van der Waals surface area contributed by atoms with E-state index in [4.69, 9.17) is 0 Å². The molecule has 0 aromatic rings. The molecule has 0 aromatic heterocycles. The van der Waals surface area contributed by atoms with Gasteiger partial charge in [-0.25, -0.2) is 0 Å². The van der Waals surface area contributed by atoms with E-state index < -0.39 is 0 Å². The van der Waals surface area contributed by atoms with Crippen LogP contribution in [0.5, 0.6) is 0 Å². The molecule has 1 amide bonds. The zero-order chi connectivity index (χ0) is 15.7. The first-order valence-electron chi connectivity index (χ1n) is 8.99. The molecule has 0 aromatic carbocycles. The SMILES string of the molecule is CCCCC1CCC(C(=O)NCC(CC)(CC)CO)CC1. The van der Waals surface area contributed by atoms with Crippen molar-refractivity contribution < 1.29 is 9.90 Å². The summed E-state index contributed by atoms with van der Waals surface area (Å²) in [5.74, 6) is 1.26. The molecule has 21 heavy (non-hydrogen) atoms. The highest BCUT2D eigenvalue weighted by Crippen LogP contribution is 2.32. The Hall–Kier alpha value is -0.570. The van der Waals surface area contributed by atoms with Crippen molar-refractivity contribution in [1.82, 2.24) is 5.32 Å². The van der Waals surface area contributed by atoms with Gasteiger partial charge in [-0.1, -0.05) is 40.0 Å². The van der Waals surface area contributed by atoms with Crippen molar-refractivity contribution in [2.45, 2.75) is 78.6 Å². The van der Waals surface area contributed by atoms with Crippen LogP contribution in [0.4, 0.5) is 0 Å². The maximum absolute atomic E-state index is 12.3. The number of unbranched alkanes of at least 4 members (excludes halogenated alkanes) is 1. The first-order valence-corrected chi connectivity index (χ1v) is 8.99. The Morgan fingerprint density at radius 2 is 1.76 bits per heavy atom. The van der Waals surface area contributed by atoms with Crippen LogP contribution in [0.1, 0.15) is 78.6 Å². The number of amides is 1. The molecule has 1 fully saturated rings. The molecule has 0 atom stereocenters. The normalized spacial score (nSPS) is 23.0. The first kappa shape index (κ1) is 18.5. The summed E-state index contributed by atoms with van der Waals surface area (Å²) >= 11 is 0. The minimum atomic E-state index is -0.131. The lowest BCUT2D eigenvalue weighted by Gasteiger charge is -2.32. The summed E-state index contributed by atoms with van der Waals surface area (Å²) in [6.07, 6.45) is 10.3. The topological polar surface area (TPSA) is 49.3 Å². The summed E-state index contributed by atoms with van der Waals surface area (Å²) in [7, 11) is 0. The van der Waals surface area contributed by atoms with Crippen molar-refractivity contribution in [1.29, 1.82) is 0 Å². The average molecular weight is 297 g/mol. The van der Waals surface area contributed by atoms with E-state index in [1.54, 1.807) is 0 Å². The van der Waals surface area contributed by atoms with E-state index in [2.05, 4.69) is 26.1 Å². The molecule has 3 heteroatoms. The van der Waals surface area contributed by atoms with E-state index in [0.29, 0.717) is 6.54 Å². The number of hydrogen-bond acceptors (Lipinski definition) is 2. The van der Waals surface area contributed by atoms with Crippen molar-refractivity contribution in [3.8, 4) is 0 Å². The quantitative estimate of drug-likeness (QED) is 0.678. The van der Waals surface area contributed by atoms with Crippen LogP contribution in [0, 0.1) is 17.3 Å². The minimum absolute atomic E-state index is 0.131. The summed E-state index contributed by atoms with van der Waals surface area (Å²) in [6.45, 7) is 7.19. The minimum Gasteiger partial charge on any atom is -0.396 e. The molecular weight excluding hydrogens is 262 g/mol. The molecule has 1 aliphatic rings. The summed E-state index contributed by atoms with van der Waals surface area (Å²) in [5, 5.41) is 12.7. The van der Waals surface area contributed by atoms with Crippen LogP contribution in [-0.2, 0) is 4.79 Å². The molecule has 2 N–H and O–H groups in total. The third-order valence-electron chi connectivity index (χ3n) is 5.66. The maximum atomic E-state index is 12.3. The van der Waals surface area contributed by atoms with Crippen molar-refractivity contribution in [3.05, 3.63) is 0 Å². The zero-order valence-corrected chi connectivity index (χ0v) is 14.3. The molecule has 3 nitrogen and oxygen atoms in total. The van der Waals surface area contributed by atoms with Crippen LogP contribution in [0.25, 0.3) is 0 Å². The van der Waals surface area contributed by atoms with Crippen LogP contribution in [0.15, 0.2) is 0 Å². The molecule has 1 aliphatic carbocycles. The van der Waals surface area contributed by atoms with Crippen LogP contribution in [0.3, 0.4) is 0 Å². The molecule has 1 saturated carbocycles. The average Bonchev–Trinajstić information content (AvgIpc) is 2.55. The largest absolute Gasteiger partial charge is 0.396 e. The number of hydrogen-bond donors (Lipinski definition) is 2. The molecule has 0 bridgehead atoms. The molecule has 0 aliphatic heterocycles. The van der Waals surface area contributed by atoms with Crippen LogP contribution >= 0.6 is 0 Å². The molecule has 124 valence electrons. The molecule has 0 radical (unpaired) electrons. The lowest BCUT2D eigenvalue weighted by molar-refractivity contribution is -0.127. The van der Waals surface area contributed by atoms with Gasteiger partial charge in [0.2, 0.25) is 5.91 Å². The highest BCUT2D eigenvalue weighted by Gasteiger charge is 2.29. The Morgan fingerprint density at radius 1 is 1.14 bits per heavy atom. The molecule has 0 saturated heterocycles. The standard InChI is InChI=1S/C18H35NO2/c1-4-7-8-15-9-11-16(12-10-15)17(21)19-13-18(5-2,6-3)14-20/h15-16,20H,4-14H2,1-3H3,(H,19,21). The van der Waals surface area contributed by atoms with Gasteiger partial charge in [-0.2, -0.15) is 0 Å². The summed E-state index contributed by atoms with van der Waals surface area (Å²) < 4.78 is 0. The Kier molecular flexibility index (Phi) is 8.31. The lowest BCUT2D eigenvalue weighted by atomic mass is 9.79. The fourth-order valence-electron chi connectivity index (χ4n) is 3.40. The van der Waals surface area contributed by atoms with Gasteiger partial charge in [0, 0.05) is 17.9 Å². The lowest BCUT2D eigenvalue weighted by Crippen LogP contribution is -2.42. The fraction of sp³-hybridized carbons (Fsp3) is 0.944.